The average molecular weight is 395 g/mol. The Kier molecular flexibility index (Phi) is 5.56. The zero-order chi connectivity index (χ0) is 20.4. The molecule has 0 saturated carbocycles. The molecule has 0 radical (unpaired) electrons. The fourth-order valence-electron chi connectivity index (χ4n) is 4.93. The molecular formula is C23H30N4O2. The molecule has 1 aromatic carbocycles. The van der Waals surface area contributed by atoms with Gasteiger partial charge in [0.15, 0.2) is 6.10 Å². The van der Waals surface area contributed by atoms with E-state index < -0.39 is 12.0 Å². The van der Waals surface area contributed by atoms with Crippen LogP contribution < -0.4 is 11.5 Å². The van der Waals surface area contributed by atoms with Gasteiger partial charge in [-0.05, 0) is 55.4 Å². The van der Waals surface area contributed by atoms with Crippen LogP contribution in [0.25, 0.3) is 0 Å². The van der Waals surface area contributed by atoms with Gasteiger partial charge in [-0.1, -0.05) is 31.2 Å². The highest BCUT2D eigenvalue weighted by molar-refractivity contribution is 5.82. The minimum Gasteiger partial charge on any atom is -0.399 e. The van der Waals surface area contributed by atoms with E-state index in [9.17, 15) is 4.79 Å². The normalized spacial score (nSPS) is 21.8. The summed E-state index contributed by atoms with van der Waals surface area (Å²) in [5, 5.41) is 0. The number of benzene rings is 1. The standard InChI is InChI=1S/C23H30N4O2/c1-2-18(8-7-17-15-16(24)9-12-26-17)27-13-10-23(11-14-27)20-6-4-3-5-19(20)21(29-23)22(25)28/h3-6,9,12,15,18,21H,2,7-8,10-11,13-14H2,1H3,(H2,24,26)(H2,25,28). The molecular weight excluding hydrogens is 364 g/mol. The van der Waals surface area contributed by atoms with Crippen LogP contribution in [0, 0.1) is 0 Å². The Hall–Kier alpha value is -2.44. The first-order valence-corrected chi connectivity index (χ1v) is 10.5. The number of rotatable bonds is 6. The van der Waals surface area contributed by atoms with E-state index in [2.05, 4.69) is 22.9 Å². The molecule has 3 heterocycles. The maximum absolute atomic E-state index is 11.9. The third-order valence-electron chi connectivity index (χ3n) is 6.50. The Morgan fingerprint density at radius 2 is 2.07 bits per heavy atom. The Morgan fingerprint density at radius 1 is 1.31 bits per heavy atom. The Bertz CT molecular complexity index is 877. The van der Waals surface area contributed by atoms with E-state index in [1.165, 1.54) is 0 Å². The average Bonchev–Trinajstić information content (AvgIpc) is 3.05. The molecule has 6 nitrogen and oxygen atoms in total. The van der Waals surface area contributed by atoms with E-state index >= 15 is 0 Å². The molecule has 0 bridgehead atoms. The third kappa shape index (κ3) is 3.87. The van der Waals surface area contributed by atoms with E-state index in [-0.39, 0.29) is 5.60 Å². The highest BCUT2D eigenvalue weighted by Crippen LogP contribution is 2.49. The summed E-state index contributed by atoms with van der Waals surface area (Å²) in [6, 6.07) is 12.3. The summed E-state index contributed by atoms with van der Waals surface area (Å²) in [6.45, 7) is 4.14. The van der Waals surface area contributed by atoms with Gasteiger partial charge in [-0.3, -0.25) is 9.78 Å². The molecule has 4 N–H and O–H groups in total. The minimum atomic E-state index is -0.630. The van der Waals surface area contributed by atoms with Crippen molar-refractivity contribution in [2.75, 3.05) is 18.8 Å². The molecule has 2 atom stereocenters. The molecule has 1 spiro atoms. The number of anilines is 1. The Balaban J connectivity index is 1.42. The zero-order valence-electron chi connectivity index (χ0n) is 17.0. The van der Waals surface area contributed by atoms with Gasteiger partial charge in [0.1, 0.15) is 0 Å². The van der Waals surface area contributed by atoms with Crippen molar-refractivity contribution >= 4 is 11.6 Å². The number of nitrogens with two attached hydrogens (primary N) is 2. The van der Waals surface area contributed by atoms with Crippen LogP contribution in [0.3, 0.4) is 0 Å². The second kappa shape index (κ2) is 8.13. The first kappa shape index (κ1) is 19.9. The van der Waals surface area contributed by atoms with Crippen molar-refractivity contribution in [3.05, 3.63) is 59.4 Å². The second-order valence-corrected chi connectivity index (χ2v) is 8.20. The number of primary amides is 1. The van der Waals surface area contributed by atoms with Gasteiger partial charge in [-0.15, -0.1) is 0 Å². The molecule has 154 valence electrons. The summed E-state index contributed by atoms with van der Waals surface area (Å²) in [5.41, 5.74) is 15.0. The molecule has 1 amide bonds. The van der Waals surface area contributed by atoms with Crippen molar-refractivity contribution in [1.29, 1.82) is 0 Å². The second-order valence-electron chi connectivity index (χ2n) is 8.20. The summed E-state index contributed by atoms with van der Waals surface area (Å²) in [4.78, 5) is 18.9. The van der Waals surface area contributed by atoms with Crippen LogP contribution in [-0.2, 0) is 21.6 Å². The van der Waals surface area contributed by atoms with Crippen LogP contribution in [-0.4, -0.2) is 34.9 Å². The highest BCUT2D eigenvalue weighted by atomic mass is 16.5. The number of carbonyl (C=O) groups is 1. The van der Waals surface area contributed by atoms with Gasteiger partial charge < -0.3 is 21.1 Å². The molecule has 0 aliphatic carbocycles. The number of pyridine rings is 1. The fourth-order valence-corrected chi connectivity index (χ4v) is 4.93. The van der Waals surface area contributed by atoms with Gasteiger partial charge >= 0.3 is 0 Å². The van der Waals surface area contributed by atoms with Gasteiger partial charge in [0, 0.05) is 36.7 Å². The summed E-state index contributed by atoms with van der Waals surface area (Å²) in [5.74, 6) is -0.405. The monoisotopic (exact) mass is 394 g/mol. The number of ether oxygens (including phenoxy) is 1. The van der Waals surface area contributed by atoms with Gasteiger partial charge in [-0.25, -0.2) is 0 Å². The summed E-state index contributed by atoms with van der Waals surface area (Å²) >= 11 is 0. The first-order chi connectivity index (χ1) is 14.0. The van der Waals surface area contributed by atoms with Crippen molar-refractivity contribution in [2.24, 2.45) is 5.73 Å². The van der Waals surface area contributed by atoms with E-state index in [4.69, 9.17) is 16.2 Å². The number of piperidine rings is 1. The molecule has 6 heteroatoms. The van der Waals surface area contributed by atoms with Crippen LogP contribution in [0.1, 0.15) is 55.5 Å². The molecule has 1 fully saturated rings. The third-order valence-corrected chi connectivity index (χ3v) is 6.50. The van der Waals surface area contributed by atoms with Crippen molar-refractivity contribution in [3.63, 3.8) is 0 Å². The quantitative estimate of drug-likeness (QED) is 0.786. The van der Waals surface area contributed by atoms with Crippen molar-refractivity contribution in [2.45, 2.75) is 56.8 Å². The molecule has 4 rings (SSSR count). The predicted octanol–water partition coefficient (Wildman–Crippen LogP) is 2.92. The van der Waals surface area contributed by atoms with E-state index in [1.54, 1.807) is 6.20 Å². The maximum Gasteiger partial charge on any atom is 0.251 e. The predicted molar refractivity (Wildman–Crippen MR) is 113 cm³/mol. The summed E-state index contributed by atoms with van der Waals surface area (Å²) < 4.78 is 6.30. The van der Waals surface area contributed by atoms with E-state index in [0.717, 1.165) is 67.7 Å². The molecule has 2 unspecified atom stereocenters. The first-order valence-electron chi connectivity index (χ1n) is 10.5. The van der Waals surface area contributed by atoms with Crippen LogP contribution >= 0.6 is 0 Å². The van der Waals surface area contributed by atoms with Crippen molar-refractivity contribution in [3.8, 4) is 0 Å². The lowest BCUT2D eigenvalue weighted by atomic mass is 9.82. The van der Waals surface area contributed by atoms with Crippen LogP contribution in [0.4, 0.5) is 5.69 Å². The lowest BCUT2D eigenvalue weighted by Gasteiger charge is -2.42. The van der Waals surface area contributed by atoms with Gasteiger partial charge in [-0.2, -0.15) is 0 Å². The number of fused-ring (bicyclic) bond motifs is 2. The summed E-state index contributed by atoms with van der Waals surface area (Å²) in [6.07, 6.45) is 5.98. The number of nitrogen functional groups attached to an aromatic ring is 1. The maximum atomic E-state index is 11.9. The van der Waals surface area contributed by atoms with Gasteiger partial charge in [0.2, 0.25) is 0 Å². The number of carbonyl (C=O) groups excluding carboxylic acids is 1. The largest absolute Gasteiger partial charge is 0.399 e. The zero-order valence-corrected chi connectivity index (χ0v) is 17.0. The number of nitrogens with zero attached hydrogens (tertiary/aromatic N) is 2. The fraction of sp³-hybridized carbons (Fsp3) is 0.478. The van der Waals surface area contributed by atoms with Crippen molar-refractivity contribution < 1.29 is 9.53 Å². The summed E-state index contributed by atoms with van der Waals surface area (Å²) in [7, 11) is 0. The molecule has 2 aliphatic heterocycles. The highest BCUT2D eigenvalue weighted by Gasteiger charge is 2.48. The number of likely N-dealkylation sites (tertiary alicyclic amines) is 1. The Labute approximate surface area is 172 Å². The van der Waals surface area contributed by atoms with Gasteiger partial charge in [0.05, 0.1) is 5.60 Å². The van der Waals surface area contributed by atoms with Crippen LogP contribution in [0.5, 0.6) is 0 Å². The molecule has 2 aliphatic rings. The van der Waals surface area contributed by atoms with E-state index in [1.807, 2.05) is 30.3 Å². The lowest BCUT2D eigenvalue weighted by Crippen LogP contribution is -2.47. The SMILES string of the molecule is CCC(CCc1cc(N)ccn1)N1CCC2(CC1)OC(C(N)=O)c1ccccc12. The Morgan fingerprint density at radius 3 is 2.76 bits per heavy atom. The molecule has 2 aromatic rings. The number of hydrogen-bond donors (Lipinski definition) is 2. The lowest BCUT2D eigenvalue weighted by molar-refractivity contribution is -0.148. The van der Waals surface area contributed by atoms with Gasteiger partial charge in [0.25, 0.3) is 5.91 Å². The van der Waals surface area contributed by atoms with Crippen LogP contribution in [0.15, 0.2) is 42.6 Å². The molecule has 29 heavy (non-hydrogen) atoms. The number of aromatic nitrogens is 1. The number of aryl methyl sites for hydroxylation is 1. The van der Waals surface area contributed by atoms with E-state index in [0.29, 0.717) is 6.04 Å². The molecule has 1 aromatic heterocycles. The topological polar surface area (TPSA) is 94.5 Å². The smallest absolute Gasteiger partial charge is 0.251 e. The minimum absolute atomic E-state index is 0.388. The van der Waals surface area contributed by atoms with Crippen molar-refractivity contribution in [1.82, 2.24) is 9.88 Å². The molecule has 1 saturated heterocycles. The van der Waals surface area contributed by atoms with Crippen LogP contribution in [0.2, 0.25) is 0 Å². The number of amides is 1. The number of hydrogen-bond acceptors (Lipinski definition) is 5.